The Morgan fingerprint density at radius 1 is 0.828 bits per heavy atom. The minimum absolute atomic E-state index is 0.243. The van der Waals surface area contributed by atoms with Gasteiger partial charge in [-0.05, 0) is 48.5 Å². The van der Waals surface area contributed by atoms with Crippen LogP contribution in [0.1, 0.15) is 0 Å². The molecule has 0 amide bonds. The Bertz CT molecular complexity index is 1330. The highest BCUT2D eigenvalue weighted by Gasteiger charge is 2.19. The maximum atomic E-state index is 14.5. The van der Waals surface area contributed by atoms with Crippen LogP contribution in [0.2, 0.25) is 0 Å². The predicted octanol–water partition coefficient (Wildman–Crippen LogP) is 4.88. The second kappa shape index (κ2) is 6.87. The third kappa shape index (κ3) is 2.93. The van der Waals surface area contributed by atoms with E-state index in [2.05, 4.69) is 15.2 Å². The lowest BCUT2D eigenvalue weighted by Gasteiger charge is -2.11. The van der Waals surface area contributed by atoms with Crippen LogP contribution in [0, 0.1) is 5.82 Å². The first-order valence-corrected chi connectivity index (χ1v) is 8.95. The molecule has 5 aromatic rings. The molecule has 3 aromatic carbocycles. The molecule has 0 saturated carbocycles. The van der Waals surface area contributed by atoms with Crippen LogP contribution in [0.5, 0.6) is 17.5 Å². The number of rotatable bonds is 4. The van der Waals surface area contributed by atoms with Gasteiger partial charge in [-0.2, -0.15) is 4.98 Å². The van der Waals surface area contributed by atoms with Gasteiger partial charge in [-0.25, -0.2) is 8.79 Å². The zero-order valence-corrected chi connectivity index (χ0v) is 15.4. The van der Waals surface area contributed by atoms with Gasteiger partial charge in [-0.15, -0.1) is 10.2 Å². The summed E-state index contributed by atoms with van der Waals surface area (Å²) in [6, 6.07) is 21.3. The van der Waals surface area contributed by atoms with Gasteiger partial charge in [-0.3, -0.25) is 0 Å². The van der Waals surface area contributed by atoms with Crippen LogP contribution in [-0.2, 0) is 0 Å². The third-order valence-corrected chi connectivity index (χ3v) is 4.60. The molecule has 0 saturated heterocycles. The molecular formula is C22H15FN4O2. The van der Waals surface area contributed by atoms with E-state index in [1.807, 2.05) is 24.3 Å². The van der Waals surface area contributed by atoms with Crippen molar-refractivity contribution >= 4 is 16.6 Å². The lowest BCUT2D eigenvalue weighted by molar-refractivity contribution is 0.410. The standard InChI is InChI=1S/C22H15FN4O2/c1-28-14-10-12-15(13-11-14)29-22-24-19-9-5-3-7-17(19)21-26-25-20(27(21)22)16-6-2-4-8-18(16)23/h2-13H,1H3. The van der Waals surface area contributed by atoms with Gasteiger partial charge >= 0.3 is 6.01 Å². The summed E-state index contributed by atoms with van der Waals surface area (Å²) < 4.78 is 27.4. The molecule has 0 radical (unpaired) electrons. The number of hydrogen-bond donors (Lipinski definition) is 0. The second-order valence-electron chi connectivity index (χ2n) is 6.35. The molecule has 5 rings (SSSR count). The van der Waals surface area contributed by atoms with Crippen molar-refractivity contribution in [1.29, 1.82) is 0 Å². The minimum atomic E-state index is -0.398. The van der Waals surface area contributed by atoms with Crippen molar-refractivity contribution in [2.75, 3.05) is 7.11 Å². The summed E-state index contributed by atoms with van der Waals surface area (Å²) in [6.07, 6.45) is 0. The molecule has 2 aromatic heterocycles. The van der Waals surface area contributed by atoms with E-state index in [0.29, 0.717) is 34.1 Å². The van der Waals surface area contributed by atoms with Crippen molar-refractivity contribution in [3.63, 3.8) is 0 Å². The number of hydrogen-bond acceptors (Lipinski definition) is 5. The average molecular weight is 386 g/mol. The molecule has 0 unspecified atom stereocenters. The summed E-state index contributed by atoms with van der Waals surface area (Å²) >= 11 is 0. The van der Waals surface area contributed by atoms with Gasteiger partial charge in [0.2, 0.25) is 0 Å². The molecule has 2 heterocycles. The lowest BCUT2D eigenvalue weighted by atomic mass is 10.2. The first kappa shape index (κ1) is 17.1. The van der Waals surface area contributed by atoms with Crippen LogP contribution < -0.4 is 9.47 Å². The lowest BCUT2D eigenvalue weighted by Crippen LogP contribution is -2.01. The molecule has 0 aliphatic rings. The molecule has 0 spiro atoms. The van der Waals surface area contributed by atoms with Gasteiger partial charge in [0, 0.05) is 5.39 Å². The van der Waals surface area contributed by atoms with E-state index >= 15 is 0 Å². The number of benzene rings is 3. The molecule has 142 valence electrons. The summed E-state index contributed by atoms with van der Waals surface area (Å²) in [4.78, 5) is 4.64. The Kier molecular flexibility index (Phi) is 4.05. The van der Waals surface area contributed by atoms with E-state index in [1.54, 1.807) is 54.0 Å². The molecule has 6 nitrogen and oxygen atoms in total. The van der Waals surface area contributed by atoms with Crippen LogP contribution in [0.15, 0.2) is 72.8 Å². The number of methoxy groups -OCH3 is 1. The van der Waals surface area contributed by atoms with Crippen LogP contribution in [0.4, 0.5) is 4.39 Å². The molecular weight excluding hydrogens is 371 g/mol. The molecule has 0 N–H and O–H groups in total. The molecule has 0 fully saturated rings. The smallest absolute Gasteiger partial charge is 0.310 e. The van der Waals surface area contributed by atoms with Crippen LogP contribution >= 0.6 is 0 Å². The Balaban J connectivity index is 1.75. The largest absolute Gasteiger partial charge is 0.497 e. The van der Waals surface area contributed by atoms with Crippen molar-refractivity contribution < 1.29 is 13.9 Å². The zero-order valence-electron chi connectivity index (χ0n) is 15.4. The van der Waals surface area contributed by atoms with Crippen LogP contribution in [0.3, 0.4) is 0 Å². The minimum Gasteiger partial charge on any atom is -0.497 e. The highest BCUT2D eigenvalue weighted by atomic mass is 19.1. The molecule has 0 bridgehead atoms. The molecule has 0 aliphatic carbocycles. The van der Waals surface area contributed by atoms with E-state index < -0.39 is 5.82 Å². The van der Waals surface area contributed by atoms with Gasteiger partial charge in [0.05, 0.1) is 18.2 Å². The van der Waals surface area contributed by atoms with Crippen molar-refractivity contribution in [2.24, 2.45) is 0 Å². The molecule has 29 heavy (non-hydrogen) atoms. The Labute approximate surface area is 165 Å². The first-order valence-electron chi connectivity index (χ1n) is 8.95. The number of para-hydroxylation sites is 1. The summed E-state index contributed by atoms with van der Waals surface area (Å²) in [5.41, 5.74) is 1.56. The summed E-state index contributed by atoms with van der Waals surface area (Å²) in [5, 5.41) is 9.34. The Morgan fingerprint density at radius 2 is 1.55 bits per heavy atom. The van der Waals surface area contributed by atoms with E-state index in [9.17, 15) is 4.39 Å². The van der Waals surface area contributed by atoms with E-state index in [4.69, 9.17) is 9.47 Å². The normalized spacial score (nSPS) is 11.1. The van der Waals surface area contributed by atoms with Crippen LogP contribution in [-0.4, -0.2) is 26.7 Å². The predicted molar refractivity (Wildman–Crippen MR) is 107 cm³/mol. The number of fused-ring (bicyclic) bond motifs is 3. The quantitative estimate of drug-likeness (QED) is 0.440. The fraction of sp³-hybridized carbons (Fsp3) is 0.0455. The van der Waals surface area contributed by atoms with E-state index in [-0.39, 0.29) is 6.01 Å². The number of nitrogens with zero attached hydrogens (tertiary/aromatic N) is 4. The first-order chi connectivity index (χ1) is 14.2. The third-order valence-electron chi connectivity index (χ3n) is 4.60. The molecule has 0 atom stereocenters. The molecule has 7 heteroatoms. The van der Waals surface area contributed by atoms with E-state index in [1.165, 1.54) is 6.07 Å². The van der Waals surface area contributed by atoms with E-state index in [0.717, 1.165) is 5.39 Å². The highest BCUT2D eigenvalue weighted by Crippen LogP contribution is 2.31. The average Bonchev–Trinajstić information content (AvgIpc) is 3.20. The van der Waals surface area contributed by atoms with Gasteiger partial charge < -0.3 is 9.47 Å². The van der Waals surface area contributed by atoms with Gasteiger partial charge in [-0.1, -0.05) is 24.3 Å². The SMILES string of the molecule is COc1ccc(Oc2nc3ccccc3c3nnc(-c4ccccc4F)n23)cc1. The number of halogens is 1. The van der Waals surface area contributed by atoms with Gasteiger partial charge in [0.15, 0.2) is 11.5 Å². The van der Waals surface area contributed by atoms with Crippen molar-refractivity contribution in [2.45, 2.75) is 0 Å². The Morgan fingerprint density at radius 3 is 2.34 bits per heavy atom. The maximum absolute atomic E-state index is 14.5. The van der Waals surface area contributed by atoms with Crippen molar-refractivity contribution in [3.8, 4) is 28.9 Å². The summed E-state index contributed by atoms with van der Waals surface area (Å²) in [7, 11) is 1.60. The van der Waals surface area contributed by atoms with Gasteiger partial charge in [0.1, 0.15) is 17.3 Å². The number of ether oxygens (including phenoxy) is 2. The van der Waals surface area contributed by atoms with Crippen LogP contribution in [0.25, 0.3) is 27.9 Å². The van der Waals surface area contributed by atoms with Crippen molar-refractivity contribution in [1.82, 2.24) is 19.6 Å². The molecule has 0 aliphatic heterocycles. The Hall–Kier alpha value is -4.00. The monoisotopic (exact) mass is 386 g/mol. The fourth-order valence-electron chi connectivity index (χ4n) is 3.19. The summed E-state index contributed by atoms with van der Waals surface area (Å²) in [5.74, 6) is 1.19. The number of aromatic nitrogens is 4. The zero-order chi connectivity index (χ0) is 19.8. The fourth-order valence-corrected chi connectivity index (χ4v) is 3.19. The highest BCUT2D eigenvalue weighted by molar-refractivity contribution is 5.92. The van der Waals surface area contributed by atoms with Gasteiger partial charge in [0.25, 0.3) is 0 Å². The maximum Gasteiger partial charge on any atom is 0.310 e. The topological polar surface area (TPSA) is 61.5 Å². The summed E-state index contributed by atoms with van der Waals surface area (Å²) in [6.45, 7) is 0. The van der Waals surface area contributed by atoms with Crippen molar-refractivity contribution in [3.05, 3.63) is 78.6 Å². The second-order valence-corrected chi connectivity index (χ2v) is 6.35.